The summed E-state index contributed by atoms with van der Waals surface area (Å²) in [7, 11) is 3.44. The van der Waals surface area contributed by atoms with Crippen molar-refractivity contribution in [3.8, 4) is 17.2 Å². The monoisotopic (exact) mass is 564 g/mol. The van der Waals surface area contributed by atoms with Crippen LogP contribution in [0, 0.1) is 5.82 Å². The summed E-state index contributed by atoms with van der Waals surface area (Å²) < 4.78 is 36.6. The van der Waals surface area contributed by atoms with Crippen molar-refractivity contribution in [2.45, 2.75) is 44.9 Å². The number of carbonyl (C=O) groups is 2. The SMILES string of the molecule is CCOC(=O)[C@@](C)(Cc1ccc(OCC[C@H]2CN(Cc3cccc(OC)c3)C(=O)N2C)cc1)Oc1ccccc1F. The molecule has 1 fully saturated rings. The standard InChI is InChI=1S/C32H37FN2O6/c1-5-39-30(36)32(2,41-29-12-7-6-11-28(29)33)20-23-13-15-26(16-14-23)40-18-17-25-22-35(31(37)34(25)3)21-24-9-8-10-27(19-24)38-4/h6-16,19,25H,5,17-18,20-22H2,1-4H3/t25-,32+/m0/s1. The van der Waals surface area contributed by atoms with Crippen molar-refractivity contribution in [2.24, 2.45) is 0 Å². The fourth-order valence-corrected chi connectivity index (χ4v) is 4.85. The maximum Gasteiger partial charge on any atom is 0.350 e. The number of likely N-dealkylation sites (N-methyl/N-ethyl adjacent to an activating group) is 1. The molecule has 2 atom stereocenters. The zero-order chi connectivity index (χ0) is 29.4. The number of urea groups is 1. The van der Waals surface area contributed by atoms with Gasteiger partial charge in [-0.1, -0.05) is 36.4 Å². The van der Waals surface area contributed by atoms with Gasteiger partial charge < -0.3 is 28.7 Å². The summed E-state index contributed by atoms with van der Waals surface area (Å²) in [5.74, 6) is 0.299. The summed E-state index contributed by atoms with van der Waals surface area (Å²) in [5, 5.41) is 0. The average molecular weight is 565 g/mol. The Morgan fingerprint density at radius 2 is 1.78 bits per heavy atom. The van der Waals surface area contributed by atoms with Gasteiger partial charge in [-0.05, 0) is 61.4 Å². The molecule has 1 aliphatic heterocycles. The van der Waals surface area contributed by atoms with E-state index < -0.39 is 17.4 Å². The zero-order valence-corrected chi connectivity index (χ0v) is 24.0. The molecule has 8 nitrogen and oxygen atoms in total. The first-order valence-electron chi connectivity index (χ1n) is 13.7. The lowest BCUT2D eigenvalue weighted by molar-refractivity contribution is -0.160. The minimum absolute atomic E-state index is 0.00979. The van der Waals surface area contributed by atoms with Gasteiger partial charge >= 0.3 is 12.0 Å². The second-order valence-corrected chi connectivity index (χ2v) is 10.2. The largest absolute Gasteiger partial charge is 0.497 e. The first-order valence-corrected chi connectivity index (χ1v) is 13.7. The van der Waals surface area contributed by atoms with Crippen LogP contribution in [0.5, 0.6) is 17.2 Å². The van der Waals surface area contributed by atoms with E-state index in [0.717, 1.165) is 16.9 Å². The van der Waals surface area contributed by atoms with E-state index >= 15 is 0 Å². The maximum atomic E-state index is 14.3. The Labute approximate surface area is 240 Å². The van der Waals surface area contributed by atoms with Crippen molar-refractivity contribution in [3.63, 3.8) is 0 Å². The first kappa shape index (κ1) is 29.7. The predicted molar refractivity (Wildman–Crippen MR) is 153 cm³/mol. The predicted octanol–water partition coefficient (Wildman–Crippen LogP) is 5.48. The third-order valence-electron chi connectivity index (χ3n) is 7.12. The van der Waals surface area contributed by atoms with Crippen molar-refractivity contribution < 1.29 is 32.9 Å². The van der Waals surface area contributed by atoms with E-state index in [2.05, 4.69) is 0 Å². The van der Waals surface area contributed by atoms with Crippen LogP contribution in [-0.4, -0.2) is 67.4 Å². The van der Waals surface area contributed by atoms with Crippen LogP contribution < -0.4 is 14.2 Å². The van der Waals surface area contributed by atoms with E-state index in [-0.39, 0.29) is 30.9 Å². The molecular formula is C32H37FN2O6. The van der Waals surface area contributed by atoms with Crippen LogP contribution in [0.3, 0.4) is 0 Å². The van der Waals surface area contributed by atoms with E-state index in [4.69, 9.17) is 18.9 Å². The molecule has 0 N–H and O–H groups in total. The minimum Gasteiger partial charge on any atom is -0.497 e. The molecule has 0 bridgehead atoms. The number of amides is 2. The Morgan fingerprint density at radius 3 is 2.49 bits per heavy atom. The van der Waals surface area contributed by atoms with Gasteiger partial charge in [0.1, 0.15) is 11.5 Å². The van der Waals surface area contributed by atoms with Crippen LogP contribution in [0.15, 0.2) is 72.8 Å². The summed E-state index contributed by atoms with van der Waals surface area (Å²) in [5.41, 5.74) is 0.400. The lowest BCUT2D eigenvalue weighted by atomic mass is 9.96. The van der Waals surface area contributed by atoms with Crippen molar-refractivity contribution in [1.29, 1.82) is 0 Å². The Hall–Kier alpha value is -4.27. The molecule has 0 spiro atoms. The smallest absolute Gasteiger partial charge is 0.350 e. The Balaban J connectivity index is 1.32. The molecule has 2 amide bonds. The van der Waals surface area contributed by atoms with Crippen molar-refractivity contribution in [2.75, 3.05) is 33.9 Å². The van der Waals surface area contributed by atoms with Crippen LogP contribution in [-0.2, 0) is 22.5 Å². The van der Waals surface area contributed by atoms with Crippen LogP contribution in [0.2, 0.25) is 0 Å². The van der Waals surface area contributed by atoms with E-state index in [9.17, 15) is 14.0 Å². The van der Waals surface area contributed by atoms with E-state index in [1.54, 1.807) is 38.0 Å². The number of rotatable bonds is 13. The highest BCUT2D eigenvalue weighted by atomic mass is 19.1. The number of hydrogen-bond donors (Lipinski definition) is 0. The first-order chi connectivity index (χ1) is 19.7. The average Bonchev–Trinajstić information content (AvgIpc) is 3.23. The molecule has 1 aliphatic rings. The van der Waals surface area contributed by atoms with Crippen LogP contribution >= 0.6 is 0 Å². The van der Waals surface area contributed by atoms with Gasteiger partial charge in [0.2, 0.25) is 5.60 Å². The molecule has 0 unspecified atom stereocenters. The van der Waals surface area contributed by atoms with Gasteiger partial charge in [-0.2, -0.15) is 0 Å². The van der Waals surface area contributed by atoms with Gasteiger partial charge in [0.25, 0.3) is 0 Å². The van der Waals surface area contributed by atoms with E-state index in [0.29, 0.717) is 31.9 Å². The number of hydrogen-bond acceptors (Lipinski definition) is 6. The van der Waals surface area contributed by atoms with E-state index in [1.807, 2.05) is 60.5 Å². The van der Waals surface area contributed by atoms with Crippen molar-refractivity contribution in [3.05, 3.63) is 89.7 Å². The van der Waals surface area contributed by atoms with Gasteiger partial charge in [-0.3, -0.25) is 0 Å². The lowest BCUT2D eigenvalue weighted by Gasteiger charge is -2.28. The fourth-order valence-electron chi connectivity index (χ4n) is 4.85. The Bertz CT molecular complexity index is 1330. The number of esters is 1. The summed E-state index contributed by atoms with van der Waals surface area (Å²) in [6.45, 7) is 5.06. The molecule has 3 aromatic rings. The molecule has 4 rings (SSSR count). The quantitative estimate of drug-likeness (QED) is 0.256. The molecule has 0 saturated carbocycles. The number of carbonyl (C=O) groups excluding carboxylic acids is 2. The molecule has 1 saturated heterocycles. The normalized spacial score (nSPS) is 16.3. The topological polar surface area (TPSA) is 77.5 Å². The number of para-hydroxylation sites is 1. The van der Waals surface area contributed by atoms with Gasteiger partial charge in [0.15, 0.2) is 11.6 Å². The Morgan fingerprint density at radius 1 is 1.02 bits per heavy atom. The van der Waals surface area contributed by atoms with Crippen molar-refractivity contribution >= 4 is 12.0 Å². The van der Waals surface area contributed by atoms with Crippen LogP contribution in [0.4, 0.5) is 9.18 Å². The molecule has 0 radical (unpaired) electrons. The third kappa shape index (κ3) is 7.48. The zero-order valence-electron chi connectivity index (χ0n) is 24.0. The second-order valence-electron chi connectivity index (χ2n) is 10.2. The summed E-state index contributed by atoms with van der Waals surface area (Å²) in [4.78, 5) is 29.2. The van der Waals surface area contributed by atoms with Gasteiger partial charge in [0, 0.05) is 33.0 Å². The summed E-state index contributed by atoms with van der Waals surface area (Å²) >= 11 is 0. The molecule has 1 heterocycles. The van der Waals surface area contributed by atoms with Crippen LogP contribution in [0.25, 0.3) is 0 Å². The maximum absolute atomic E-state index is 14.3. The highest BCUT2D eigenvalue weighted by Gasteiger charge is 2.38. The van der Waals surface area contributed by atoms with E-state index in [1.165, 1.54) is 12.1 Å². The van der Waals surface area contributed by atoms with Crippen LogP contribution in [0.1, 0.15) is 31.4 Å². The molecule has 0 aliphatic carbocycles. The second kappa shape index (κ2) is 13.4. The third-order valence-corrected chi connectivity index (χ3v) is 7.12. The molecule has 0 aromatic heterocycles. The number of halogens is 1. The van der Waals surface area contributed by atoms with Gasteiger partial charge in [-0.25, -0.2) is 14.0 Å². The van der Waals surface area contributed by atoms with Gasteiger partial charge in [0.05, 0.1) is 26.4 Å². The van der Waals surface area contributed by atoms with Gasteiger partial charge in [-0.15, -0.1) is 0 Å². The number of nitrogens with zero attached hydrogens (tertiary/aromatic N) is 2. The molecule has 218 valence electrons. The lowest BCUT2D eigenvalue weighted by Crippen LogP contribution is -2.45. The Kier molecular flexibility index (Phi) is 9.70. The number of ether oxygens (including phenoxy) is 4. The molecule has 3 aromatic carbocycles. The minimum atomic E-state index is -1.42. The fraction of sp³-hybridized carbons (Fsp3) is 0.375. The number of benzene rings is 3. The molecule has 41 heavy (non-hydrogen) atoms. The highest BCUT2D eigenvalue weighted by Crippen LogP contribution is 2.27. The summed E-state index contributed by atoms with van der Waals surface area (Å²) in [6.07, 6.45) is 0.856. The molecular weight excluding hydrogens is 527 g/mol. The number of methoxy groups -OCH3 is 1. The highest BCUT2D eigenvalue weighted by molar-refractivity contribution is 5.80. The molecule has 9 heteroatoms. The summed E-state index contributed by atoms with van der Waals surface area (Å²) in [6, 6.07) is 21.1. The van der Waals surface area contributed by atoms with Crippen molar-refractivity contribution in [1.82, 2.24) is 9.80 Å².